The Kier molecular flexibility index (Phi) is 7.83. The van der Waals surface area contributed by atoms with Crippen LogP contribution in [-0.2, 0) is 21.4 Å². The molecule has 0 radical (unpaired) electrons. The lowest BCUT2D eigenvalue weighted by atomic mass is 10.3. The van der Waals surface area contributed by atoms with E-state index in [9.17, 15) is 13.2 Å². The molecule has 10 heteroatoms. The van der Waals surface area contributed by atoms with Crippen LogP contribution in [0.15, 0.2) is 48.8 Å². The molecule has 168 valence electrons. The van der Waals surface area contributed by atoms with Crippen molar-refractivity contribution in [2.24, 2.45) is 0 Å². The van der Waals surface area contributed by atoms with Crippen molar-refractivity contribution in [1.29, 1.82) is 0 Å². The molecule has 1 fully saturated rings. The van der Waals surface area contributed by atoms with E-state index in [1.807, 2.05) is 26.0 Å². The first-order valence-corrected chi connectivity index (χ1v) is 11.7. The number of sulfonamides is 1. The maximum absolute atomic E-state index is 12.5. The fraction of sp³-hybridized carbons (Fsp3) is 0.429. The van der Waals surface area contributed by atoms with Crippen LogP contribution in [0.3, 0.4) is 0 Å². The van der Waals surface area contributed by atoms with Gasteiger partial charge in [0, 0.05) is 43.8 Å². The van der Waals surface area contributed by atoms with Gasteiger partial charge in [-0.15, -0.1) is 0 Å². The van der Waals surface area contributed by atoms with E-state index in [1.54, 1.807) is 36.7 Å². The molecule has 0 unspecified atom stereocenters. The number of carbonyl (C=O) groups is 1. The summed E-state index contributed by atoms with van der Waals surface area (Å²) in [6.07, 6.45) is 3.09. The number of pyridine rings is 1. The third kappa shape index (κ3) is 7.20. The van der Waals surface area contributed by atoms with Crippen LogP contribution in [0.5, 0.6) is 5.75 Å². The first-order chi connectivity index (χ1) is 14.8. The van der Waals surface area contributed by atoms with Crippen molar-refractivity contribution in [2.45, 2.75) is 32.7 Å². The van der Waals surface area contributed by atoms with Crippen LogP contribution in [0.4, 0.5) is 10.5 Å². The summed E-state index contributed by atoms with van der Waals surface area (Å²) in [6, 6.07) is 10.2. The number of amides is 2. The van der Waals surface area contributed by atoms with Gasteiger partial charge in [0.15, 0.2) is 0 Å². The van der Waals surface area contributed by atoms with E-state index >= 15 is 0 Å². The zero-order valence-corrected chi connectivity index (χ0v) is 18.5. The molecule has 1 aromatic carbocycles. The molecule has 9 nitrogen and oxygen atoms in total. The molecule has 1 saturated heterocycles. The van der Waals surface area contributed by atoms with Gasteiger partial charge < -0.3 is 20.1 Å². The molecule has 2 N–H and O–H groups in total. The second-order valence-corrected chi connectivity index (χ2v) is 9.53. The third-order valence-electron chi connectivity index (χ3n) is 4.67. The number of urea groups is 1. The van der Waals surface area contributed by atoms with Gasteiger partial charge in [0.2, 0.25) is 10.0 Å². The predicted molar refractivity (Wildman–Crippen MR) is 117 cm³/mol. The number of morpholine rings is 1. The van der Waals surface area contributed by atoms with E-state index in [2.05, 4.69) is 15.6 Å². The number of hydrogen-bond acceptors (Lipinski definition) is 6. The lowest BCUT2D eigenvalue weighted by Gasteiger charge is -2.34. The smallest absolute Gasteiger partial charge is 0.319 e. The van der Waals surface area contributed by atoms with Gasteiger partial charge >= 0.3 is 6.03 Å². The van der Waals surface area contributed by atoms with E-state index in [-0.39, 0.29) is 24.5 Å². The summed E-state index contributed by atoms with van der Waals surface area (Å²) < 4.78 is 37.8. The maximum atomic E-state index is 12.5. The van der Waals surface area contributed by atoms with Crippen molar-refractivity contribution in [3.63, 3.8) is 0 Å². The van der Waals surface area contributed by atoms with Crippen molar-refractivity contribution >= 4 is 21.7 Å². The topological polar surface area (TPSA) is 110 Å². The number of carbonyl (C=O) groups excluding carboxylic acids is 1. The Balaban J connectivity index is 1.45. The highest BCUT2D eigenvalue weighted by Crippen LogP contribution is 2.18. The summed E-state index contributed by atoms with van der Waals surface area (Å²) in [5, 5.41) is 5.28. The van der Waals surface area contributed by atoms with Crippen molar-refractivity contribution in [3.05, 3.63) is 54.4 Å². The molecule has 2 heterocycles. The van der Waals surface area contributed by atoms with Gasteiger partial charge in [-0.25, -0.2) is 13.2 Å². The van der Waals surface area contributed by atoms with Crippen LogP contribution in [-0.4, -0.2) is 61.3 Å². The second kappa shape index (κ2) is 10.6. The molecule has 1 aliphatic heterocycles. The number of nitrogens with one attached hydrogen (secondary N) is 2. The highest BCUT2D eigenvalue weighted by Gasteiger charge is 2.30. The quantitative estimate of drug-likeness (QED) is 0.641. The van der Waals surface area contributed by atoms with Gasteiger partial charge in [0.25, 0.3) is 0 Å². The first-order valence-electron chi connectivity index (χ1n) is 10.1. The number of aromatic nitrogens is 1. The van der Waals surface area contributed by atoms with E-state index in [0.29, 0.717) is 31.1 Å². The zero-order chi connectivity index (χ0) is 22.3. The Morgan fingerprint density at radius 2 is 1.90 bits per heavy atom. The van der Waals surface area contributed by atoms with Crippen LogP contribution in [0.25, 0.3) is 0 Å². The minimum Gasteiger partial charge on any atom is -0.489 e. The molecule has 1 aromatic heterocycles. The number of benzene rings is 1. The SMILES string of the molecule is C[C@H]1CN(S(=O)(=O)CCNC(=O)Nc2cccc(OCc3ccncc3)c2)C[C@H](C)O1. The molecule has 0 saturated carbocycles. The van der Waals surface area contributed by atoms with Crippen LogP contribution < -0.4 is 15.4 Å². The van der Waals surface area contributed by atoms with E-state index in [1.165, 1.54) is 4.31 Å². The molecular formula is C21H28N4O5S. The zero-order valence-electron chi connectivity index (χ0n) is 17.7. The molecular weight excluding hydrogens is 420 g/mol. The summed E-state index contributed by atoms with van der Waals surface area (Å²) in [5.74, 6) is 0.433. The standard InChI is InChI=1S/C21H28N4O5S/c1-16-13-25(14-17(2)30-16)31(27,28)11-10-23-21(26)24-19-4-3-5-20(12-19)29-15-18-6-8-22-9-7-18/h3-9,12,16-17H,10-11,13-15H2,1-2H3,(H2,23,24,26)/t16-,17-/m0/s1. The lowest BCUT2D eigenvalue weighted by Crippen LogP contribution is -2.49. The third-order valence-corrected chi connectivity index (χ3v) is 6.48. The Hall–Kier alpha value is -2.69. The average Bonchev–Trinajstić information content (AvgIpc) is 2.72. The Labute approximate surface area is 182 Å². The summed E-state index contributed by atoms with van der Waals surface area (Å²) in [7, 11) is -3.47. The minimum absolute atomic E-state index is 0.00647. The fourth-order valence-corrected chi connectivity index (χ4v) is 4.76. The molecule has 0 spiro atoms. The first kappa shape index (κ1) is 23.0. The van der Waals surface area contributed by atoms with Crippen LogP contribution >= 0.6 is 0 Å². The maximum Gasteiger partial charge on any atom is 0.319 e. The van der Waals surface area contributed by atoms with Crippen molar-refractivity contribution < 1.29 is 22.7 Å². The molecule has 2 aromatic rings. The van der Waals surface area contributed by atoms with E-state index in [4.69, 9.17) is 9.47 Å². The van der Waals surface area contributed by atoms with Gasteiger partial charge in [-0.3, -0.25) is 4.98 Å². The average molecular weight is 449 g/mol. The molecule has 2 amide bonds. The number of anilines is 1. The molecule has 2 atom stereocenters. The molecule has 31 heavy (non-hydrogen) atoms. The van der Waals surface area contributed by atoms with Gasteiger partial charge in [-0.2, -0.15) is 4.31 Å². The molecule has 1 aliphatic rings. The van der Waals surface area contributed by atoms with Gasteiger partial charge in [0.05, 0.1) is 18.0 Å². The van der Waals surface area contributed by atoms with Crippen molar-refractivity contribution in [1.82, 2.24) is 14.6 Å². The Morgan fingerprint density at radius 3 is 2.61 bits per heavy atom. The van der Waals surface area contributed by atoms with Crippen molar-refractivity contribution in [3.8, 4) is 5.75 Å². The number of nitrogens with zero attached hydrogens (tertiary/aromatic N) is 2. The van der Waals surface area contributed by atoms with Gasteiger partial charge in [-0.1, -0.05) is 6.07 Å². The Morgan fingerprint density at radius 1 is 1.19 bits per heavy atom. The fourth-order valence-electron chi connectivity index (χ4n) is 3.27. The molecule has 3 rings (SSSR count). The summed E-state index contributed by atoms with van der Waals surface area (Å²) in [6.45, 7) is 4.73. The van der Waals surface area contributed by atoms with E-state index in [0.717, 1.165) is 5.56 Å². The normalized spacial score (nSPS) is 19.5. The van der Waals surface area contributed by atoms with E-state index < -0.39 is 16.1 Å². The summed E-state index contributed by atoms with van der Waals surface area (Å²) in [5.41, 5.74) is 1.53. The summed E-state index contributed by atoms with van der Waals surface area (Å²) in [4.78, 5) is 16.1. The van der Waals surface area contributed by atoms with Crippen LogP contribution in [0, 0.1) is 0 Å². The summed E-state index contributed by atoms with van der Waals surface area (Å²) >= 11 is 0. The molecule has 0 aliphatic carbocycles. The minimum atomic E-state index is -3.47. The number of rotatable bonds is 8. The monoisotopic (exact) mass is 448 g/mol. The van der Waals surface area contributed by atoms with Crippen LogP contribution in [0.1, 0.15) is 19.4 Å². The number of ether oxygens (including phenoxy) is 2. The van der Waals surface area contributed by atoms with Gasteiger partial charge in [-0.05, 0) is 43.7 Å². The second-order valence-electron chi connectivity index (χ2n) is 7.44. The largest absolute Gasteiger partial charge is 0.489 e. The highest BCUT2D eigenvalue weighted by molar-refractivity contribution is 7.89. The molecule has 0 bridgehead atoms. The Bertz CT molecular complexity index is 961. The van der Waals surface area contributed by atoms with Crippen molar-refractivity contribution in [2.75, 3.05) is 30.7 Å². The van der Waals surface area contributed by atoms with Gasteiger partial charge in [0.1, 0.15) is 12.4 Å². The number of hydrogen-bond donors (Lipinski definition) is 2. The van der Waals surface area contributed by atoms with Crippen LogP contribution in [0.2, 0.25) is 0 Å². The highest BCUT2D eigenvalue weighted by atomic mass is 32.2. The lowest BCUT2D eigenvalue weighted by molar-refractivity contribution is -0.0440. The predicted octanol–water partition coefficient (Wildman–Crippen LogP) is 2.22.